The van der Waals surface area contributed by atoms with Gasteiger partial charge < -0.3 is 5.32 Å². The average molecular weight is 430 g/mol. The molecule has 0 saturated heterocycles. The van der Waals surface area contributed by atoms with Crippen molar-refractivity contribution in [1.82, 2.24) is 0 Å². The zero-order valence-electron chi connectivity index (χ0n) is 11.2. The summed E-state index contributed by atoms with van der Waals surface area (Å²) in [5.74, 6) is 0.0149. The van der Waals surface area contributed by atoms with Crippen molar-refractivity contribution in [1.29, 1.82) is 0 Å². The number of benzene rings is 2. The van der Waals surface area contributed by atoms with E-state index in [4.69, 9.17) is 11.6 Å². The summed E-state index contributed by atoms with van der Waals surface area (Å²) in [5, 5.41) is 3.46. The summed E-state index contributed by atoms with van der Waals surface area (Å²) in [7, 11) is 0. The SMILES string of the molecule is Cc1ccc(Br)c(C(Br)c2cc3c(cc2Cl)NC(=O)C3)c1. The number of nitrogens with one attached hydrogen (secondary N) is 1. The molecule has 0 fully saturated rings. The van der Waals surface area contributed by atoms with E-state index in [2.05, 4.69) is 56.2 Å². The highest BCUT2D eigenvalue weighted by atomic mass is 79.9. The summed E-state index contributed by atoms with van der Waals surface area (Å²) in [4.78, 5) is 11.5. The number of amides is 1. The second kappa shape index (κ2) is 5.75. The van der Waals surface area contributed by atoms with E-state index in [9.17, 15) is 4.79 Å². The minimum absolute atomic E-state index is 0.0149. The minimum atomic E-state index is -0.0275. The van der Waals surface area contributed by atoms with E-state index in [1.165, 1.54) is 5.56 Å². The Bertz CT molecular complexity index is 745. The quantitative estimate of drug-likeness (QED) is 0.637. The van der Waals surface area contributed by atoms with Crippen molar-refractivity contribution in [2.45, 2.75) is 18.2 Å². The lowest BCUT2D eigenvalue weighted by Crippen LogP contribution is -2.03. The summed E-state index contributed by atoms with van der Waals surface area (Å²) in [6, 6.07) is 10.0. The Labute approximate surface area is 145 Å². The number of fused-ring (bicyclic) bond motifs is 1. The Morgan fingerprint density at radius 3 is 2.76 bits per heavy atom. The van der Waals surface area contributed by atoms with Gasteiger partial charge in [-0.15, -0.1) is 0 Å². The third-order valence-electron chi connectivity index (χ3n) is 3.55. The van der Waals surface area contributed by atoms with E-state index in [-0.39, 0.29) is 10.7 Å². The third kappa shape index (κ3) is 2.89. The van der Waals surface area contributed by atoms with Crippen LogP contribution in [0.1, 0.15) is 27.1 Å². The van der Waals surface area contributed by atoms with Gasteiger partial charge in [0.25, 0.3) is 0 Å². The number of rotatable bonds is 2. The molecule has 1 unspecified atom stereocenters. The molecule has 2 aromatic carbocycles. The molecule has 3 rings (SSSR count). The summed E-state index contributed by atoms with van der Waals surface area (Å²) in [6.07, 6.45) is 0.411. The Morgan fingerprint density at radius 1 is 1.24 bits per heavy atom. The maximum absolute atomic E-state index is 11.5. The Kier molecular flexibility index (Phi) is 4.12. The summed E-state index contributed by atoms with van der Waals surface area (Å²) in [6.45, 7) is 2.06. The van der Waals surface area contributed by atoms with Crippen molar-refractivity contribution in [2.75, 3.05) is 5.32 Å². The molecule has 2 aromatic rings. The highest BCUT2D eigenvalue weighted by molar-refractivity contribution is 9.11. The lowest BCUT2D eigenvalue weighted by Gasteiger charge is -2.16. The summed E-state index contributed by atoms with van der Waals surface area (Å²) in [5.41, 5.74) is 5.09. The number of aryl methyl sites for hydroxylation is 1. The van der Waals surface area contributed by atoms with E-state index >= 15 is 0 Å². The lowest BCUT2D eigenvalue weighted by molar-refractivity contribution is -0.115. The van der Waals surface area contributed by atoms with Crippen molar-refractivity contribution < 1.29 is 4.79 Å². The van der Waals surface area contributed by atoms with Crippen molar-refractivity contribution in [3.05, 3.63) is 62.1 Å². The van der Waals surface area contributed by atoms with E-state index in [1.807, 2.05) is 18.2 Å². The normalized spacial score (nSPS) is 14.8. The zero-order chi connectivity index (χ0) is 15.1. The fourth-order valence-electron chi connectivity index (χ4n) is 2.49. The molecular weight excluding hydrogens is 417 g/mol. The van der Waals surface area contributed by atoms with Crippen LogP contribution in [0.2, 0.25) is 5.02 Å². The molecule has 1 aliphatic rings. The average Bonchev–Trinajstić information content (AvgIpc) is 2.79. The van der Waals surface area contributed by atoms with Crippen LogP contribution in [0.15, 0.2) is 34.8 Å². The van der Waals surface area contributed by atoms with E-state index in [1.54, 1.807) is 0 Å². The Balaban J connectivity index is 2.06. The van der Waals surface area contributed by atoms with Gasteiger partial charge in [0, 0.05) is 15.2 Å². The van der Waals surface area contributed by atoms with Gasteiger partial charge in [-0.1, -0.05) is 67.2 Å². The van der Waals surface area contributed by atoms with Gasteiger partial charge in [-0.25, -0.2) is 0 Å². The molecule has 1 N–H and O–H groups in total. The van der Waals surface area contributed by atoms with Crippen LogP contribution < -0.4 is 5.32 Å². The van der Waals surface area contributed by atoms with Crippen LogP contribution in [-0.4, -0.2) is 5.91 Å². The molecule has 0 aliphatic carbocycles. The molecule has 0 aromatic heterocycles. The number of anilines is 1. The van der Waals surface area contributed by atoms with Gasteiger partial charge in [0.2, 0.25) is 5.91 Å². The maximum Gasteiger partial charge on any atom is 0.228 e. The van der Waals surface area contributed by atoms with E-state index in [0.29, 0.717) is 11.4 Å². The van der Waals surface area contributed by atoms with Crippen LogP contribution in [0.25, 0.3) is 0 Å². The van der Waals surface area contributed by atoms with E-state index < -0.39 is 0 Å². The van der Waals surface area contributed by atoms with Crippen molar-refractivity contribution in [2.24, 2.45) is 0 Å². The number of hydrogen-bond acceptors (Lipinski definition) is 1. The molecule has 0 radical (unpaired) electrons. The molecule has 21 heavy (non-hydrogen) atoms. The highest BCUT2D eigenvalue weighted by Gasteiger charge is 2.23. The molecule has 108 valence electrons. The molecule has 1 heterocycles. The predicted molar refractivity (Wildman–Crippen MR) is 93.4 cm³/mol. The number of hydrogen-bond donors (Lipinski definition) is 1. The number of halogens is 3. The topological polar surface area (TPSA) is 29.1 Å². The number of carbonyl (C=O) groups excluding carboxylic acids is 1. The zero-order valence-corrected chi connectivity index (χ0v) is 15.1. The summed E-state index contributed by atoms with van der Waals surface area (Å²) < 4.78 is 1.03. The molecular formula is C16H12Br2ClNO. The van der Waals surface area contributed by atoms with Crippen molar-refractivity contribution in [3.63, 3.8) is 0 Å². The fourth-order valence-corrected chi connectivity index (χ4v) is 4.43. The van der Waals surface area contributed by atoms with Gasteiger partial charge in [0.1, 0.15) is 0 Å². The first-order valence-corrected chi connectivity index (χ1v) is 8.56. The van der Waals surface area contributed by atoms with Gasteiger partial charge in [-0.2, -0.15) is 0 Å². The van der Waals surface area contributed by atoms with E-state index in [0.717, 1.165) is 26.9 Å². The first-order valence-electron chi connectivity index (χ1n) is 6.48. The molecule has 0 bridgehead atoms. The molecule has 1 atom stereocenters. The molecule has 1 amide bonds. The van der Waals surface area contributed by atoms with Crippen LogP contribution in [0.5, 0.6) is 0 Å². The Hall–Kier alpha value is -0.840. The van der Waals surface area contributed by atoms with Gasteiger partial charge >= 0.3 is 0 Å². The number of alkyl halides is 1. The Morgan fingerprint density at radius 2 is 2.00 bits per heavy atom. The fraction of sp³-hybridized carbons (Fsp3) is 0.188. The highest BCUT2D eigenvalue weighted by Crippen LogP contribution is 2.41. The minimum Gasteiger partial charge on any atom is -0.325 e. The van der Waals surface area contributed by atoms with Crippen LogP contribution in [0, 0.1) is 6.92 Å². The molecule has 1 aliphatic heterocycles. The second-order valence-corrected chi connectivity index (χ2v) is 7.32. The summed E-state index contributed by atoms with van der Waals surface area (Å²) >= 11 is 13.7. The van der Waals surface area contributed by atoms with Crippen LogP contribution in [0.4, 0.5) is 5.69 Å². The monoisotopic (exact) mass is 427 g/mol. The maximum atomic E-state index is 11.5. The first-order chi connectivity index (χ1) is 9.95. The van der Waals surface area contributed by atoms with Gasteiger partial charge in [-0.05, 0) is 35.7 Å². The number of carbonyl (C=O) groups is 1. The molecule has 5 heteroatoms. The van der Waals surface area contributed by atoms with Crippen molar-refractivity contribution >= 4 is 55.1 Å². The molecule has 0 saturated carbocycles. The van der Waals surface area contributed by atoms with Crippen molar-refractivity contribution in [3.8, 4) is 0 Å². The standard InChI is InChI=1S/C16H12Br2ClNO/c1-8-2-3-12(17)10(4-8)16(18)11-5-9-6-15(21)20-14(9)7-13(11)19/h2-5,7,16H,6H2,1H3,(H,20,21). The van der Waals surface area contributed by atoms with Crippen LogP contribution in [-0.2, 0) is 11.2 Å². The second-order valence-electron chi connectivity index (χ2n) is 5.14. The van der Waals surface area contributed by atoms with Gasteiger partial charge in [0.15, 0.2) is 0 Å². The van der Waals surface area contributed by atoms with Gasteiger partial charge in [0.05, 0.1) is 11.2 Å². The largest absolute Gasteiger partial charge is 0.325 e. The third-order valence-corrected chi connectivity index (χ3v) is 5.58. The molecule has 0 spiro atoms. The smallest absolute Gasteiger partial charge is 0.228 e. The van der Waals surface area contributed by atoms with Crippen LogP contribution >= 0.6 is 43.5 Å². The molecule has 2 nitrogen and oxygen atoms in total. The lowest BCUT2D eigenvalue weighted by atomic mass is 10.00. The van der Waals surface area contributed by atoms with Crippen LogP contribution in [0.3, 0.4) is 0 Å². The van der Waals surface area contributed by atoms with Gasteiger partial charge in [-0.3, -0.25) is 4.79 Å². The predicted octanol–water partition coefficient (Wildman–Crippen LogP) is 5.39. The first kappa shape index (κ1) is 15.1.